The fourth-order valence-corrected chi connectivity index (χ4v) is 4.92. The van der Waals surface area contributed by atoms with Crippen LogP contribution in [0.5, 0.6) is 0 Å². The van der Waals surface area contributed by atoms with Gasteiger partial charge in [0.1, 0.15) is 10.3 Å². The normalized spacial score (nSPS) is 26.0. The minimum atomic E-state index is 0.399. The molecule has 0 unspecified atom stereocenters. The molecule has 2 aromatic heterocycles. The molecule has 0 spiro atoms. The molecule has 1 N–H and O–H groups in total. The predicted molar refractivity (Wildman–Crippen MR) is 94.3 cm³/mol. The van der Waals surface area contributed by atoms with Gasteiger partial charge in [0.25, 0.3) is 0 Å². The number of aromatic nitrogens is 3. The molecular formula is C17H25N5OS. The first-order valence-corrected chi connectivity index (χ1v) is 9.77. The molecule has 24 heavy (non-hydrogen) atoms. The van der Waals surface area contributed by atoms with E-state index in [4.69, 9.17) is 10.1 Å². The molecule has 1 aliphatic carbocycles. The van der Waals surface area contributed by atoms with Gasteiger partial charge in [-0.05, 0) is 43.6 Å². The minimum Gasteiger partial charge on any atom is -0.379 e. The Hall–Kier alpha value is -1.31. The van der Waals surface area contributed by atoms with E-state index in [-0.39, 0.29) is 0 Å². The van der Waals surface area contributed by atoms with Crippen molar-refractivity contribution in [3.63, 3.8) is 0 Å². The van der Waals surface area contributed by atoms with Crippen molar-refractivity contribution in [3.05, 3.63) is 17.5 Å². The maximum absolute atomic E-state index is 8.65. The van der Waals surface area contributed by atoms with Gasteiger partial charge in [0.05, 0.1) is 30.6 Å². The smallest absolute Gasteiger partial charge is 0.149 e. The number of hydrogen-bond acceptors (Lipinski definition) is 6. The Morgan fingerprint density at radius 2 is 1.92 bits per heavy atom. The summed E-state index contributed by atoms with van der Waals surface area (Å²) < 4.78 is 12.0. The van der Waals surface area contributed by atoms with Crippen molar-refractivity contribution in [1.29, 1.82) is 5.41 Å². The maximum atomic E-state index is 8.65. The summed E-state index contributed by atoms with van der Waals surface area (Å²) in [5.41, 5.74) is 1.62. The van der Waals surface area contributed by atoms with E-state index in [9.17, 15) is 0 Å². The van der Waals surface area contributed by atoms with Crippen LogP contribution in [0, 0.1) is 5.41 Å². The maximum Gasteiger partial charge on any atom is 0.149 e. The predicted octanol–water partition coefficient (Wildman–Crippen LogP) is 2.35. The van der Waals surface area contributed by atoms with Crippen molar-refractivity contribution in [1.82, 2.24) is 18.8 Å². The summed E-state index contributed by atoms with van der Waals surface area (Å²) in [6.45, 7) is 5.98. The van der Waals surface area contributed by atoms with Crippen molar-refractivity contribution in [2.24, 2.45) is 0 Å². The molecule has 0 aromatic carbocycles. The van der Waals surface area contributed by atoms with Gasteiger partial charge in [-0.3, -0.25) is 10.3 Å². The van der Waals surface area contributed by atoms with Crippen molar-refractivity contribution in [3.8, 4) is 0 Å². The van der Waals surface area contributed by atoms with Gasteiger partial charge in [0.2, 0.25) is 0 Å². The molecule has 3 heterocycles. The van der Waals surface area contributed by atoms with Crippen LogP contribution in [0.15, 0.2) is 6.33 Å². The third-order valence-electron chi connectivity index (χ3n) is 5.50. The molecule has 0 amide bonds. The lowest BCUT2D eigenvalue weighted by atomic mass is 9.89. The second kappa shape index (κ2) is 6.90. The molecule has 6 nitrogen and oxygen atoms in total. The lowest BCUT2D eigenvalue weighted by molar-refractivity contribution is 0.00530. The molecular weight excluding hydrogens is 322 g/mol. The van der Waals surface area contributed by atoms with Gasteiger partial charge in [-0.25, -0.2) is 4.98 Å². The Kier molecular flexibility index (Phi) is 4.65. The average Bonchev–Trinajstić information content (AvgIpc) is 3.07. The molecule has 7 heteroatoms. The van der Waals surface area contributed by atoms with Gasteiger partial charge >= 0.3 is 0 Å². The number of nitrogens with zero attached hydrogens (tertiary/aromatic N) is 4. The highest BCUT2D eigenvalue weighted by Gasteiger charge is 2.28. The Balaban J connectivity index is 1.52. The lowest BCUT2D eigenvalue weighted by Crippen LogP contribution is -2.45. The quantitative estimate of drug-likeness (QED) is 0.925. The molecule has 1 aliphatic heterocycles. The second-order valence-corrected chi connectivity index (χ2v) is 7.53. The molecule has 2 fully saturated rings. The van der Waals surface area contributed by atoms with Gasteiger partial charge in [-0.2, -0.15) is 4.37 Å². The van der Waals surface area contributed by atoms with E-state index in [1.165, 1.54) is 24.4 Å². The number of morpholine rings is 1. The summed E-state index contributed by atoms with van der Waals surface area (Å²) in [7, 11) is 0. The largest absolute Gasteiger partial charge is 0.379 e. The molecule has 1 saturated heterocycles. The Labute approximate surface area is 146 Å². The highest BCUT2D eigenvalue weighted by atomic mass is 32.1. The van der Waals surface area contributed by atoms with Crippen LogP contribution in [0.3, 0.4) is 0 Å². The summed E-state index contributed by atoms with van der Waals surface area (Å²) in [5, 5.41) is 9.60. The van der Waals surface area contributed by atoms with E-state index in [0.29, 0.717) is 17.6 Å². The molecule has 1 saturated carbocycles. The van der Waals surface area contributed by atoms with E-state index in [2.05, 4.69) is 25.7 Å². The molecule has 4 rings (SSSR count). The fraction of sp³-hybridized carbons (Fsp3) is 0.706. The van der Waals surface area contributed by atoms with E-state index in [1.807, 2.05) is 6.33 Å². The summed E-state index contributed by atoms with van der Waals surface area (Å²) in [4.78, 5) is 8.05. The molecule has 2 aromatic rings. The van der Waals surface area contributed by atoms with Crippen LogP contribution in [-0.4, -0.2) is 51.2 Å². The number of ether oxygens (including phenoxy) is 1. The highest BCUT2D eigenvalue weighted by molar-refractivity contribution is 7.12. The summed E-state index contributed by atoms with van der Waals surface area (Å²) >= 11 is 1.41. The number of nitrogens with one attached hydrogen (secondary N) is 1. The van der Waals surface area contributed by atoms with E-state index < -0.39 is 0 Å². The third kappa shape index (κ3) is 2.89. The van der Waals surface area contributed by atoms with Crippen molar-refractivity contribution in [2.45, 2.75) is 51.1 Å². The monoisotopic (exact) mass is 347 g/mol. The van der Waals surface area contributed by atoms with Crippen LogP contribution in [0.1, 0.15) is 44.3 Å². The highest BCUT2D eigenvalue weighted by Crippen LogP contribution is 2.31. The first kappa shape index (κ1) is 16.2. The van der Waals surface area contributed by atoms with Gasteiger partial charge in [-0.1, -0.05) is 6.92 Å². The van der Waals surface area contributed by atoms with Gasteiger partial charge in [-0.15, -0.1) is 0 Å². The zero-order valence-corrected chi connectivity index (χ0v) is 15.0. The first-order chi connectivity index (χ1) is 11.8. The van der Waals surface area contributed by atoms with Crippen LogP contribution in [-0.2, 0) is 11.2 Å². The fourth-order valence-electron chi connectivity index (χ4n) is 4.10. The Morgan fingerprint density at radius 1 is 1.21 bits per heavy atom. The lowest BCUT2D eigenvalue weighted by Gasteiger charge is -2.39. The third-order valence-corrected chi connectivity index (χ3v) is 6.29. The summed E-state index contributed by atoms with van der Waals surface area (Å²) in [6.07, 6.45) is 7.40. The van der Waals surface area contributed by atoms with Crippen LogP contribution < -0.4 is 5.49 Å². The molecule has 0 bridgehead atoms. The van der Waals surface area contributed by atoms with Crippen molar-refractivity contribution >= 4 is 21.7 Å². The van der Waals surface area contributed by atoms with Gasteiger partial charge in [0, 0.05) is 25.2 Å². The molecule has 0 atom stereocenters. The SMILES string of the molecule is CCc1nsc2ncn(C3CCC(N4CCOCC4)CC3)c(=N)c12. The van der Waals surface area contributed by atoms with Crippen LogP contribution in [0.2, 0.25) is 0 Å². The van der Waals surface area contributed by atoms with Gasteiger partial charge in [0.15, 0.2) is 0 Å². The van der Waals surface area contributed by atoms with Crippen LogP contribution in [0.4, 0.5) is 0 Å². The van der Waals surface area contributed by atoms with Crippen molar-refractivity contribution < 1.29 is 4.74 Å². The Morgan fingerprint density at radius 3 is 2.62 bits per heavy atom. The number of hydrogen-bond donors (Lipinski definition) is 1. The van der Waals surface area contributed by atoms with Crippen molar-refractivity contribution in [2.75, 3.05) is 26.3 Å². The van der Waals surface area contributed by atoms with Crippen LogP contribution in [0.25, 0.3) is 10.2 Å². The topological polar surface area (TPSA) is 67.0 Å². The molecule has 2 aliphatic rings. The molecule has 0 radical (unpaired) electrons. The zero-order valence-electron chi connectivity index (χ0n) is 14.2. The van der Waals surface area contributed by atoms with E-state index in [0.717, 1.165) is 61.5 Å². The number of rotatable bonds is 3. The Bertz CT molecular complexity index is 756. The summed E-state index contributed by atoms with van der Waals surface area (Å²) in [5.74, 6) is 0. The standard InChI is InChI=1S/C17H25N5OS/c1-2-14-15-16(18)22(11-19-17(15)24-20-14)13-5-3-12(4-6-13)21-7-9-23-10-8-21/h11-13,18H,2-10H2,1H3. The van der Waals surface area contributed by atoms with E-state index >= 15 is 0 Å². The average molecular weight is 347 g/mol. The van der Waals surface area contributed by atoms with Gasteiger partial charge < -0.3 is 9.30 Å². The van der Waals surface area contributed by atoms with E-state index in [1.54, 1.807) is 0 Å². The second-order valence-electron chi connectivity index (χ2n) is 6.77. The number of aryl methyl sites for hydroxylation is 1. The minimum absolute atomic E-state index is 0.399. The van der Waals surface area contributed by atoms with Crippen LogP contribution >= 0.6 is 11.5 Å². The first-order valence-electron chi connectivity index (χ1n) is 8.99. The zero-order chi connectivity index (χ0) is 16.5. The number of fused-ring (bicyclic) bond motifs is 1. The summed E-state index contributed by atoms with van der Waals surface area (Å²) in [6, 6.07) is 1.09. The molecule has 130 valence electrons.